The molecule has 11 nitrogen and oxygen atoms in total. The maximum Gasteiger partial charge on any atom is 0.433 e. The maximum absolute atomic E-state index is 13.3. The quantitative estimate of drug-likeness (QED) is 0.222. The fourth-order valence-corrected chi connectivity index (χ4v) is 7.49. The molecule has 16 heteroatoms. The van der Waals surface area contributed by atoms with Gasteiger partial charge in [0.25, 0.3) is 5.69 Å². The topological polar surface area (TPSA) is 136 Å². The standard InChI is InChI=1S/C23H18F3N7O4S2/c1-12-9-16(23(24,25)26)28-22-17(12)18-19(38-22)21-29-20(30-32(21)11-27-18)13-5-7-31(8-6-13)39(36,37)15-4-2-3-14(10-15)33(34)35/h2-4,9-11,13H,5-8H2,1H3. The summed E-state index contributed by atoms with van der Waals surface area (Å²) in [6, 6.07) is 5.95. The highest BCUT2D eigenvalue weighted by Gasteiger charge is 2.35. The molecule has 5 aromatic rings. The Morgan fingerprint density at radius 2 is 1.90 bits per heavy atom. The minimum Gasteiger partial charge on any atom is -0.258 e. The van der Waals surface area contributed by atoms with Gasteiger partial charge in [0, 0.05) is 36.5 Å². The summed E-state index contributed by atoms with van der Waals surface area (Å²) in [4.78, 5) is 23.4. The lowest BCUT2D eigenvalue weighted by Crippen LogP contribution is -2.38. The number of halogens is 3. The first-order chi connectivity index (χ1) is 18.4. The number of nitrogens with zero attached hydrogens (tertiary/aromatic N) is 7. The fourth-order valence-electron chi connectivity index (χ4n) is 4.81. The van der Waals surface area contributed by atoms with Gasteiger partial charge in [-0.3, -0.25) is 10.1 Å². The third-order valence-electron chi connectivity index (χ3n) is 6.76. The van der Waals surface area contributed by atoms with Gasteiger partial charge in [-0.15, -0.1) is 16.4 Å². The van der Waals surface area contributed by atoms with Crippen molar-refractivity contribution >= 4 is 53.1 Å². The number of piperidine rings is 1. The molecule has 0 saturated carbocycles. The number of hydrogen-bond donors (Lipinski definition) is 0. The van der Waals surface area contributed by atoms with Gasteiger partial charge < -0.3 is 0 Å². The first-order valence-electron chi connectivity index (χ1n) is 11.7. The van der Waals surface area contributed by atoms with Gasteiger partial charge in [-0.05, 0) is 37.5 Å². The highest BCUT2D eigenvalue weighted by Crippen LogP contribution is 2.39. The molecule has 202 valence electrons. The van der Waals surface area contributed by atoms with Crippen LogP contribution in [0.5, 0.6) is 0 Å². The summed E-state index contributed by atoms with van der Waals surface area (Å²) in [6.07, 6.45) is -2.27. The second kappa shape index (κ2) is 8.89. The number of rotatable bonds is 4. The Hall–Kier alpha value is -3.76. The average Bonchev–Trinajstić information content (AvgIpc) is 3.50. The molecule has 1 aliphatic heterocycles. The van der Waals surface area contributed by atoms with E-state index in [9.17, 15) is 31.7 Å². The summed E-state index contributed by atoms with van der Waals surface area (Å²) in [6.45, 7) is 1.93. The van der Waals surface area contributed by atoms with Crippen molar-refractivity contribution in [2.24, 2.45) is 0 Å². The van der Waals surface area contributed by atoms with Crippen LogP contribution in [0.1, 0.15) is 35.8 Å². The largest absolute Gasteiger partial charge is 0.433 e. The first kappa shape index (κ1) is 25.5. The molecule has 1 aromatic carbocycles. The van der Waals surface area contributed by atoms with E-state index in [1.807, 2.05) is 0 Å². The minimum atomic E-state index is -4.57. The van der Waals surface area contributed by atoms with E-state index in [1.54, 1.807) is 6.92 Å². The van der Waals surface area contributed by atoms with Crippen LogP contribution in [0.25, 0.3) is 26.1 Å². The van der Waals surface area contributed by atoms with E-state index >= 15 is 0 Å². The zero-order valence-corrected chi connectivity index (χ0v) is 21.7. The first-order valence-corrected chi connectivity index (χ1v) is 14.0. The highest BCUT2D eigenvalue weighted by molar-refractivity contribution is 7.89. The molecule has 0 spiro atoms. The number of fused-ring (bicyclic) bond motifs is 5. The van der Waals surface area contributed by atoms with E-state index in [0.717, 1.165) is 23.5 Å². The molecule has 0 aliphatic carbocycles. The SMILES string of the molecule is Cc1cc(C(F)(F)F)nc2sc3c(ncn4nc(C5CCN(S(=O)(=O)c6cccc([N+](=O)[O-])c6)CC5)nc34)c12. The normalized spacial score (nSPS) is 16.0. The molecule has 39 heavy (non-hydrogen) atoms. The van der Waals surface area contributed by atoms with Crippen LogP contribution >= 0.6 is 11.3 Å². The number of benzene rings is 1. The van der Waals surface area contributed by atoms with Crippen LogP contribution < -0.4 is 0 Å². The average molecular weight is 578 g/mol. The number of nitro groups is 1. The van der Waals surface area contributed by atoms with Crippen LogP contribution in [0.3, 0.4) is 0 Å². The summed E-state index contributed by atoms with van der Waals surface area (Å²) in [7, 11) is -3.92. The number of nitro benzene ring substituents is 1. The zero-order valence-electron chi connectivity index (χ0n) is 20.1. The molecule has 1 fully saturated rings. The summed E-state index contributed by atoms with van der Waals surface area (Å²) >= 11 is 1.07. The van der Waals surface area contributed by atoms with Crippen molar-refractivity contribution in [2.75, 3.05) is 13.1 Å². The number of sulfonamides is 1. The molecule has 4 aromatic heterocycles. The van der Waals surface area contributed by atoms with Gasteiger partial charge in [0.1, 0.15) is 21.6 Å². The van der Waals surface area contributed by atoms with Crippen LogP contribution in [0.15, 0.2) is 41.6 Å². The Balaban J connectivity index is 1.29. The maximum atomic E-state index is 13.3. The lowest BCUT2D eigenvalue weighted by Gasteiger charge is -2.29. The van der Waals surface area contributed by atoms with Gasteiger partial charge in [-0.1, -0.05) is 6.07 Å². The van der Waals surface area contributed by atoms with Crippen molar-refractivity contribution in [3.05, 3.63) is 63.9 Å². The molecule has 5 heterocycles. The molecule has 0 unspecified atom stereocenters. The number of alkyl halides is 3. The zero-order chi connectivity index (χ0) is 27.7. The molecule has 0 bridgehead atoms. The summed E-state index contributed by atoms with van der Waals surface area (Å²) in [5.74, 6) is 0.317. The summed E-state index contributed by atoms with van der Waals surface area (Å²) in [5.41, 5.74) is 0.0771. The van der Waals surface area contributed by atoms with Crippen molar-refractivity contribution in [1.82, 2.24) is 28.9 Å². The molecule has 1 aliphatic rings. The third kappa shape index (κ3) is 4.28. The molecule has 0 atom stereocenters. The van der Waals surface area contributed by atoms with Crippen molar-refractivity contribution in [3.8, 4) is 0 Å². The smallest absolute Gasteiger partial charge is 0.258 e. The lowest BCUT2D eigenvalue weighted by atomic mass is 9.98. The number of thiophene rings is 1. The Bertz CT molecular complexity index is 1890. The van der Waals surface area contributed by atoms with E-state index in [0.29, 0.717) is 45.5 Å². The van der Waals surface area contributed by atoms with Crippen molar-refractivity contribution in [2.45, 2.75) is 36.8 Å². The third-order valence-corrected chi connectivity index (χ3v) is 9.72. The predicted molar refractivity (Wildman–Crippen MR) is 135 cm³/mol. The van der Waals surface area contributed by atoms with E-state index < -0.39 is 26.8 Å². The second-order valence-electron chi connectivity index (χ2n) is 9.20. The minimum absolute atomic E-state index is 0.142. The van der Waals surface area contributed by atoms with E-state index in [4.69, 9.17) is 0 Å². The predicted octanol–water partition coefficient (Wildman–Crippen LogP) is 4.69. The van der Waals surface area contributed by atoms with Gasteiger partial charge >= 0.3 is 6.18 Å². The lowest BCUT2D eigenvalue weighted by molar-refractivity contribution is -0.385. The second-order valence-corrected chi connectivity index (χ2v) is 12.1. The molecule has 0 amide bonds. The number of aromatic nitrogens is 5. The Morgan fingerprint density at radius 1 is 1.15 bits per heavy atom. The van der Waals surface area contributed by atoms with Crippen LogP contribution in [0, 0.1) is 17.0 Å². The Morgan fingerprint density at radius 3 is 2.59 bits per heavy atom. The summed E-state index contributed by atoms with van der Waals surface area (Å²) in [5, 5.41) is 16.1. The van der Waals surface area contributed by atoms with Crippen LogP contribution in [0.2, 0.25) is 0 Å². The fraction of sp³-hybridized carbons (Fsp3) is 0.304. The molecule has 6 rings (SSSR count). The Labute approximate surface area is 222 Å². The van der Waals surface area contributed by atoms with Crippen LogP contribution in [-0.4, -0.2) is 55.3 Å². The van der Waals surface area contributed by atoms with Crippen molar-refractivity contribution in [3.63, 3.8) is 0 Å². The van der Waals surface area contributed by atoms with E-state index in [-0.39, 0.29) is 34.4 Å². The van der Waals surface area contributed by atoms with Crippen molar-refractivity contribution in [1.29, 1.82) is 0 Å². The van der Waals surface area contributed by atoms with Gasteiger partial charge in [0.05, 0.1) is 15.3 Å². The van der Waals surface area contributed by atoms with Gasteiger partial charge in [-0.25, -0.2) is 27.9 Å². The number of aryl methyl sites for hydroxylation is 1. The van der Waals surface area contributed by atoms with E-state index in [2.05, 4.69) is 20.1 Å². The molecular weight excluding hydrogens is 559 g/mol. The molecule has 1 saturated heterocycles. The molecule has 0 radical (unpaired) electrons. The highest BCUT2D eigenvalue weighted by atomic mass is 32.2. The number of non-ortho nitro benzene ring substituents is 1. The monoisotopic (exact) mass is 577 g/mol. The number of hydrogen-bond acceptors (Lipinski definition) is 9. The van der Waals surface area contributed by atoms with Crippen LogP contribution in [0.4, 0.5) is 18.9 Å². The Kier molecular flexibility index (Phi) is 5.82. The van der Waals surface area contributed by atoms with Gasteiger partial charge in [0.15, 0.2) is 11.5 Å². The summed E-state index contributed by atoms with van der Waals surface area (Å²) < 4.78 is 69.4. The number of pyridine rings is 1. The van der Waals surface area contributed by atoms with Gasteiger partial charge in [-0.2, -0.15) is 17.5 Å². The van der Waals surface area contributed by atoms with Crippen LogP contribution in [-0.2, 0) is 16.2 Å². The van der Waals surface area contributed by atoms with Gasteiger partial charge in [0.2, 0.25) is 10.0 Å². The molecular formula is C23H18F3N7O4S2. The van der Waals surface area contributed by atoms with Crippen molar-refractivity contribution < 1.29 is 26.5 Å². The molecule has 0 N–H and O–H groups in total. The van der Waals surface area contributed by atoms with E-state index in [1.165, 1.54) is 33.3 Å².